The Morgan fingerprint density at radius 3 is 2.50 bits per heavy atom. The Kier molecular flexibility index (Phi) is 4.97. The van der Waals surface area contributed by atoms with Gasteiger partial charge in [0.15, 0.2) is 0 Å². The van der Waals surface area contributed by atoms with Crippen LogP contribution in [0.3, 0.4) is 0 Å². The lowest BCUT2D eigenvalue weighted by Gasteiger charge is -2.30. The molecule has 0 aromatic heterocycles. The molecule has 0 unspecified atom stereocenters. The first-order valence-electron chi connectivity index (χ1n) is 9.50. The number of halogens is 1. The lowest BCUT2D eigenvalue weighted by Crippen LogP contribution is -2.38. The summed E-state index contributed by atoms with van der Waals surface area (Å²) in [6, 6.07) is 15.0. The van der Waals surface area contributed by atoms with Crippen LogP contribution < -0.4 is 0 Å². The van der Waals surface area contributed by atoms with Crippen LogP contribution in [0.5, 0.6) is 0 Å². The van der Waals surface area contributed by atoms with Crippen molar-refractivity contribution in [2.24, 2.45) is 11.8 Å². The second-order valence-corrected chi connectivity index (χ2v) is 9.72. The van der Waals surface area contributed by atoms with Gasteiger partial charge < -0.3 is 4.90 Å². The van der Waals surface area contributed by atoms with Crippen molar-refractivity contribution in [1.82, 2.24) is 9.21 Å². The van der Waals surface area contributed by atoms with E-state index in [0.717, 1.165) is 0 Å². The van der Waals surface area contributed by atoms with Crippen molar-refractivity contribution < 1.29 is 17.6 Å². The maximum absolute atomic E-state index is 13.9. The Morgan fingerprint density at radius 1 is 1.07 bits per heavy atom. The van der Waals surface area contributed by atoms with E-state index < -0.39 is 10.0 Å². The van der Waals surface area contributed by atoms with Crippen molar-refractivity contribution >= 4 is 15.9 Å². The Bertz CT molecular complexity index is 980. The largest absolute Gasteiger partial charge is 0.331 e. The molecule has 3 atom stereocenters. The summed E-state index contributed by atoms with van der Waals surface area (Å²) >= 11 is 0. The third-order valence-electron chi connectivity index (χ3n) is 5.86. The van der Waals surface area contributed by atoms with E-state index in [4.69, 9.17) is 0 Å². The number of amides is 1. The molecule has 0 spiro atoms. The van der Waals surface area contributed by atoms with Crippen molar-refractivity contribution in [3.05, 3.63) is 71.5 Å². The van der Waals surface area contributed by atoms with E-state index in [-0.39, 0.29) is 35.4 Å². The van der Waals surface area contributed by atoms with Crippen molar-refractivity contribution in [3.63, 3.8) is 0 Å². The SMILES string of the molecule is CCS(=O)(=O)N1C[C@H]2CN(C(=O)c3ccccc3)[C@@H](c3cccc(F)c3)[C@H]2C1. The van der Waals surface area contributed by atoms with E-state index in [1.54, 1.807) is 30.0 Å². The summed E-state index contributed by atoms with van der Waals surface area (Å²) in [6.45, 7) is 2.87. The van der Waals surface area contributed by atoms with Gasteiger partial charge in [0, 0.05) is 31.1 Å². The molecule has 0 saturated carbocycles. The molecule has 0 aliphatic carbocycles. The molecule has 2 aliphatic rings. The lowest BCUT2D eigenvalue weighted by atomic mass is 9.89. The van der Waals surface area contributed by atoms with E-state index >= 15 is 0 Å². The number of sulfonamides is 1. The van der Waals surface area contributed by atoms with Crippen LogP contribution in [0.25, 0.3) is 0 Å². The van der Waals surface area contributed by atoms with Gasteiger partial charge in [0.1, 0.15) is 5.82 Å². The van der Waals surface area contributed by atoms with Crippen molar-refractivity contribution in [2.45, 2.75) is 13.0 Å². The third kappa shape index (κ3) is 3.33. The van der Waals surface area contributed by atoms with Crippen molar-refractivity contribution in [3.8, 4) is 0 Å². The van der Waals surface area contributed by atoms with Gasteiger partial charge in [-0.05, 0) is 42.7 Å². The standard InChI is InChI=1S/C21H23FN2O3S/c1-2-28(26,27)23-12-17-13-24(21(25)15-7-4-3-5-8-15)20(19(17)14-23)16-9-6-10-18(22)11-16/h3-11,17,19-20H,2,12-14H2,1H3/t17-,19-,20-/m0/s1. The van der Waals surface area contributed by atoms with Gasteiger partial charge in [0.05, 0.1) is 11.8 Å². The molecule has 2 heterocycles. The smallest absolute Gasteiger partial charge is 0.254 e. The number of hydrogen-bond acceptors (Lipinski definition) is 3. The van der Waals surface area contributed by atoms with Gasteiger partial charge >= 0.3 is 0 Å². The van der Waals surface area contributed by atoms with Crippen LogP contribution in [0.1, 0.15) is 28.9 Å². The maximum atomic E-state index is 13.9. The van der Waals surface area contributed by atoms with Crippen LogP contribution in [0.2, 0.25) is 0 Å². The van der Waals surface area contributed by atoms with E-state index in [9.17, 15) is 17.6 Å². The quantitative estimate of drug-likeness (QED) is 0.790. The van der Waals surface area contributed by atoms with Crippen LogP contribution in [-0.4, -0.2) is 48.9 Å². The summed E-state index contributed by atoms with van der Waals surface area (Å²) in [7, 11) is -3.29. The lowest BCUT2D eigenvalue weighted by molar-refractivity contribution is 0.0708. The molecule has 148 valence electrons. The van der Waals surface area contributed by atoms with Crippen LogP contribution in [0.15, 0.2) is 54.6 Å². The van der Waals surface area contributed by atoms with E-state index in [0.29, 0.717) is 30.8 Å². The first-order valence-corrected chi connectivity index (χ1v) is 11.1. The average molecular weight is 402 g/mol. The minimum absolute atomic E-state index is 0.0438. The van der Waals surface area contributed by atoms with E-state index in [1.807, 2.05) is 24.3 Å². The van der Waals surface area contributed by atoms with Crippen LogP contribution in [-0.2, 0) is 10.0 Å². The number of carbonyl (C=O) groups is 1. The molecular formula is C21H23FN2O3S. The fourth-order valence-corrected chi connectivity index (χ4v) is 5.67. The molecular weight excluding hydrogens is 379 g/mol. The molecule has 2 saturated heterocycles. The van der Waals surface area contributed by atoms with E-state index in [2.05, 4.69) is 0 Å². The third-order valence-corrected chi connectivity index (χ3v) is 7.68. The van der Waals surface area contributed by atoms with Gasteiger partial charge in [-0.15, -0.1) is 0 Å². The van der Waals surface area contributed by atoms with Gasteiger partial charge in [-0.2, -0.15) is 0 Å². The van der Waals surface area contributed by atoms with Crippen LogP contribution in [0.4, 0.5) is 4.39 Å². The molecule has 5 nitrogen and oxygen atoms in total. The minimum atomic E-state index is -3.29. The Balaban J connectivity index is 1.70. The van der Waals surface area contributed by atoms with E-state index in [1.165, 1.54) is 16.4 Å². The molecule has 2 aromatic carbocycles. The molecule has 0 bridgehead atoms. The minimum Gasteiger partial charge on any atom is -0.331 e. The average Bonchev–Trinajstić information content (AvgIpc) is 3.26. The summed E-state index contributed by atoms with van der Waals surface area (Å²) in [5, 5.41) is 0. The van der Waals surface area contributed by atoms with Gasteiger partial charge in [0.25, 0.3) is 5.91 Å². The highest BCUT2D eigenvalue weighted by molar-refractivity contribution is 7.89. The summed E-state index contributed by atoms with van der Waals surface area (Å²) in [5.41, 5.74) is 1.30. The fraction of sp³-hybridized carbons (Fsp3) is 0.381. The monoisotopic (exact) mass is 402 g/mol. The molecule has 2 fully saturated rings. The number of rotatable bonds is 4. The number of fused-ring (bicyclic) bond motifs is 1. The van der Waals surface area contributed by atoms with Gasteiger partial charge in [-0.1, -0.05) is 30.3 Å². The molecule has 1 amide bonds. The second kappa shape index (κ2) is 7.29. The first kappa shape index (κ1) is 19.1. The molecule has 0 N–H and O–H groups in total. The normalized spacial score (nSPS) is 25.1. The van der Waals surface area contributed by atoms with Gasteiger partial charge in [0.2, 0.25) is 10.0 Å². The zero-order valence-electron chi connectivity index (χ0n) is 15.7. The summed E-state index contributed by atoms with van der Waals surface area (Å²) in [6.07, 6.45) is 0. The predicted octanol–water partition coefficient (Wildman–Crippen LogP) is 2.92. The van der Waals surface area contributed by atoms with Crippen LogP contribution in [0, 0.1) is 17.7 Å². The van der Waals surface area contributed by atoms with Gasteiger partial charge in [-0.25, -0.2) is 17.1 Å². The molecule has 28 heavy (non-hydrogen) atoms. The zero-order valence-corrected chi connectivity index (χ0v) is 16.5. The maximum Gasteiger partial charge on any atom is 0.254 e. The predicted molar refractivity (Wildman–Crippen MR) is 105 cm³/mol. The summed E-state index contributed by atoms with van der Waals surface area (Å²) in [4.78, 5) is 15.0. The first-order chi connectivity index (χ1) is 13.4. The Hall–Kier alpha value is -2.25. The number of hydrogen-bond donors (Lipinski definition) is 0. The van der Waals surface area contributed by atoms with Crippen molar-refractivity contribution in [2.75, 3.05) is 25.4 Å². The Labute approximate surface area is 164 Å². The van der Waals surface area contributed by atoms with Crippen LogP contribution >= 0.6 is 0 Å². The molecule has 0 radical (unpaired) electrons. The summed E-state index contributed by atoms with van der Waals surface area (Å²) in [5.74, 6) is -0.403. The second-order valence-electron chi connectivity index (χ2n) is 7.46. The highest BCUT2D eigenvalue weighted by atomic mass is 32.2. The zero-order chi connectivity index (χ0) is 19.9. The topological polar surface area (TPSA) is 57.7 Å². The number of carbonyl (C=O) groups excluding carboxylic acids is 1. The molecule has 4 rings (SSSR count). The number of benzene rings is 2. The number of nitrogens with zero attached hydrogens (tertiary/aromatic N) is 2. The number of likely N-dealkylation sites (tertiary alicyclic amines) is 1. The Morgan fingerprint density at radius 2 is 1.82 bits per heavy atom. The van der Waals surface area contributed by atoms with Gasteiger partial charge in [-0.3, -0.25) is 4.79 Å². The highest BCUT2D eigenvalue weighted by Gasteiger charge is 2.51. The molecule has 2 aliphatic heterocycles. The molecule has 2 aromatic rings. The molecule has 7 heteroatoms. The summed E-state index contributed by atoms with van der Waals surface area (Å²) < 4.78 is 40.2. The fourth-order valence-electron chi connectivity index (χ4n) is 4.49. The highest BCUT2D eigenvalue weighted by Crippen LogP contribution is 2.46. The van der Waals surface area contributed by atoms with Crippen molar-refractivity contribution in [1.29, 1.82) is 0 Å².